The molecule has 17 heavy (non-hydrogen) atoms. The standard InChI is InChI=1S/C12H18N2O2S/c1-12(2)8-13-11-9(14(12)3)6-5-7-10(11)17(4,15)16/h5-7,13H,8H2,1-4H3. The summed E-state index contributed by atoms with van der Waals surface area (Å²) >= 11 is 0. The van der Waals surface area contributed by atoms with Crippen LogP contribution in [0.25, 0.3) is 0 Å². The number of nitrogens with one attached hydrogen (secondary N) is 1. The van der Waals surface area contributed by atoms with Crippen LogP contribution in [0.3, 0.4) is 0 Å². The van der Waals surface area contributed by atoms with Crippen molar-refractivity contribution in [3.63, 3.8) is 0 Å². The minimum atomic E-state index is -3.19. The second-order valence-corrected chi connectivity index (χ2v) is 7.13. The van der Waals surface area contributed by atoms with Gasteiger partial charge in [-0.25, -0.2) is 8.42 Å². The van der Waals surface area contributed by atoms with Crippen molar-refractivity contribution in [3.8, 4) is 0 Å². The lowest BCUT2D eigenvalue weighted by Crippen LogP contribution is -2.50. The van der Waals surface area contributed by atoms with Crippen LogP contribution in [0.5, 0.6) is 0 Å². The Morgan fingerprint density at radius 1 is 1.35 bits per heavy atom. The zero-order chi connectivity index (χ0) is 12.8. The normalized spacial score (nSPS) is 18.5. The van der Waals surface area contributed by atoms with E-state index in [1.807, 2.05) is 13.1 Å². The number of likely N-dealkylation sites (N-methyl/N-ethyl adjacent to an activating group) is 1. The first kappa shape index (κ1) is 12.2. The highest BCUT2D eigenvalue weighted by molar-refractivity contribution is 7.90. The van der Waals surface area contributed by atoms with Crippen LogP contribution in [0.2, 0.25) is 0 Å². The largest absolute Gasteiger partial charge is 0.380 e. The number of fused-ring (bicyclic) bond motifs is 1. The third kappa shape index (κ3) is 1.99. The third-order valence-electron chi connectivity index (χ3n) is 3.37. The Morgan fingerprint density at radius 2 is 2.00 bits per heavy atom. The van der Waals surface area contributed by atoms with Gasteiger partial charge in [-0.15, -0.1) is 0 Å². The van der Waals surface area contributed by atoms with Crippen molar-refractivity contribution < 1.29 is 8.42 Å². The summed E-state index contributed by atoms with van der Waals surface area (Å²) in [6.07, 6.45) is 1.24. The summed E-state index contributed by atoms with van der Waals surface area (Å²) in [6, 6.07) is 5.38. The highest BCUT2D eigenvalue weighted by Crippen LogP contribution is 2.38. The number of hydrogen-bond donors (Lipinski definition) is 1. The average Bonchev–Trinajstić information content (AvgIpc) is 2.22. The van der Waals surface area contributed by atoms with Crippen LogP contribution in [0.4, 0.5) is 11.4 Å². The van der Waals surface area contributed by atoms with Gasteiger partial charge in [-0.05, 0) is 26.0 Å². The smallest absolute Gasteiger partial charge is 0.177 e. The van der Waals surface area contributed by atoms with Crippen LogP contribution in [0, 0.1) is 0 Å². The van der Waals surface area contributed by atoms with Crippen molar-refractivity contribution in [2.75, 3.05) is 30.1 Å². The number of hydrogen-bond acceptors (Lipinski definition) is 4. The first-order valence-electron chi connectivity index (χ1n) is 5.54. The first-order chi connectivity index (χ1) is 7.73. The molecule has 0 amide bonds. The van der Waals surface area contributed by atoms with Crippen molar-refractivity contribution in [2.24, 2.45) is 0 Å². The Balaban J connectivity index is 2.64. The molecule has 0 unspecified atom stereocenters. The van der Waals surface area contributed by atoms with Crippen LogP contribution >= 0.6 is 0 Å². The summed E-state index contributed by atoms with van der Waals surface area (Å²) in [5.41, 5.74) is 1.63. The quantitative estimate of drug-likeness (QED) is 0.829. The van der Waals surface area contributed by atoms with Gasteiger partial charge in [-0.3, -0.25) is 0 Å². The van der Waals surface area contributed by atoms with E-state index in [1.54, 1.807) is 12.1 Å². The number of sulfone groups is 1. The molecule has 0 fully saturated rings. The van der Waals surface area contributed by atoms with Gasteiger partial charge >= 0.3 is 0 Å². The summed E-state index contributed by atoms with van der Waals surface area (Å²) in [5.74, 6) is 0. The van der Waals surface area contributed by atoms with E-state index >= 15 is 0 Å². The Hall–Kier alpha value is -1.23. The molecule has 4 nitrogen and oxygen atoms in total. The Kier molecular flexibility index (Phi) is 2.61. The second-order valence-electron chi connectivity index (χ2n) is 5.15. The molecular formula is C12H18N2O2S. The first-order valence-corrected chi connectivity index (χ1v) is 7.43. The molecule has 0 bridgehead atoms. The molecule has 0 spiro atoms. The molecule has 1 heterocycles. The van der Waals surface area contributed by atoms with Gasteiger partial charge < -0.3 is 10.2 Å². The van der Waals surface area contributed by atoms with E-state index in [2.05, 4.69) is 24.1 Å². The molecule has 1 aliphatic rings. The molecule has 94 valence electrons. The highest BCUT2D eigenvalue weighted by atomic mass is 32.2. The van der Waals surface area contributed by atoms with Crippen molar-refractivity contribution in [3.05, 3.63) is 18.2 Å². The van der Waals surface area contributed by atoms with E-state index in [4.69, 9.17) is 0 Å². The number of rotatable bonds is 1. The maximum absolute atomic E-state index is 11.7. The molecule has 0 aromatic heterocycles. The predicted octanol–water partition coefficient (Wildman–Crippen LogP) is 1.73. The van der Waals surface area contributed by atoms with Crippen LogP contribution in [0.15, 0.2) is 23.1 Å². The molecule has 0 saturated heterocycles. The van der Waals surface area contributed by atoms with Gasteiger partial charge in [0.25, 0.3) is 0 Å². The van der Waals surface area contributed by atoms with Gasteiger partial charge in [0.2, 0.25) is 0 Å². The fourth-order valence-electron chi connectivity index (χ4n) is 2.04. The summed E-state index contributed by atoms with van der Waals surface area (Å²) in [6.45, 7) is 4.97. The predicted molar refractivity (Wildman–Crippen MR) is 70.5 cm³/mol. The van der Waals surface area contributed by atoms with E-state index in [0.29, 0.717) is 4.90 Å². The van der Waals surface area contributed by atoms with E-state index in [9.17, 15) is 8.42 Å². The molecular weight excluding hydrogens is 236 g/mol. The summed E-state index contributed by atoms with van der Waals surface area (Å²) in [4.78, 5) is 2.49. The van der Waals surface area contributed by atoms with Crippen molar-refractivity contribution in [1.82, 2.24) is 0 Å². The Labute approximate surface area is 103 Å². The van der Waals surface area contributed by atoms with Crippen LogP contribution in [-0.4, -0.2) is 33.8 Å². The van der Waals surface area contributed by atoms with Gasteiger partial charge in [0.15, 0.2) is 9.84 Å². The van der Waals surface area contributed by atoms with Crippen molar-refractivity contribution >= 4 is 21.2 Å². The van der Waals surface area contributed by atoms with E-state index in [-0.39, 0.29) is 5.54 Å². The van der Waals surface area contributed by atoms with Gasteiger partial charge in [-0.2, -0.15) is 0 Å². The number of benzene rings is 1. The molecule has 0 radical (unpaired) electrons. The van der Waals surface area contributed by atoms with Crippen LogP contribution in [-0.2, 0) is 9.84 Å². The van der Waals surface area contributed by atoms with E-state index in [1.165, 1.54) is 6.26 Å². The maximum Gasteiger partial charge on any atom is 0.177 e. The van der Waals surface area contributed by atoms with Crippen molar-refractivity contribution in [2.45, 2.75) is 24.3 Å². The molecule has 2 rings (SSSR count). The third-order valence-corrected chi connectivity index (χ3v) is 4.51. The minimum Gasteiger partial charge on any atom is -0.380 e. The highest BCUT2D eigenvalue weighted by Gasteiger charge is 2.32. The molecule has 1 aromatic rings. The van der Waals surface area contributed by atoms with E-state index < -0.39 is 9.84 Å². The monoisotopic (exact) mass is 254 g/mol. The lowest BCUT2D eigenvalue weighted by molar-refractivity contribution is 0.501. The number of nitrogens with zero attached hydrogens (tertiary/aromatic N) is 1. The topological polar surface area (TPSA) is 49.4 Å². The van der Waals surface area contributed by atoms with Gasteiger partial charge in [-0.1, -0.05) is 6.07 Å². The van der Waals surface area contributed by atoms with Gasteiger partial charge in [0.1, 0.15) is 0 Å². The fourth-order valence-corrected chi connectivity index (χ4v) is 2.91. The van der Waals surface area contributed by atoms with Crippen LogP contribution < -0.4 is 10.2 Å². The summed E-state index contributed by atoms with van der Waals surface area (Å²) in [5, 5.41) is 3.24. The van der Waals surface area contributed by atoms with Crippen molar-refractivity contribution in [1.29, 1.82) is 0 Å². The lowest BCUT2D eigenvalue weighted by atomic mass is 9.99. The van der Waals surface area contributed by atoms with Gasteiger partial charge in [0, 0.05) is 19.8 Å². The minimum absolute atomic E-state index is 0.0247. The molecule has 0 aliphatic carbocycles. The summed E-state index contributed by atoms with van der Waals surface area (Å²) < 4.78 is 23.4. The van der Waals surface area contributed by atoms with Gasteiger partial charge in [0.05, 0.1) is 21.8 Å². The molecule has 1 aliphatic heterocycles. The molecule has 0 saturated carbocycles. The Morgan fingerprint density at radius 3 is 2.59 bits per heavy atom. The molecule has 0 atom stereocenters. The fraction of sp³-hybridized carbons (Fsp3) is 0.500. The number of para-hydroxylation sites is 1. The Bertz CT molecular complexity index is 550. The zero-order valence-electron chi connectivity index (χ0n) is 10.6. The second kappa shape index (κ2) is 3.63. The SMILES string of the molecule is CN1c2cccc(S(C)(=O)=O)c2NCC1(C)C. The molecule has 1 aromatic carbocycles. The summed E-state index contributed by atoms with van der Waals surface area (Å²) in [7, 11) is -1.20. The number of anilines is 2. The zero-order valence-corrected chi connectivity index (χ0v) is 11.4. The lowest BCUT2D eigenvalue weighted by Gasteiger charge is -2.43. The average molecular weight is 254 g/mol. The van der Waals surface area contributed by atoms with Crippen LogP contribution in [0.1, 0.15) is 13.8 Å². The maximum atomic E-state index is 11.7. The molecule has 5 heteroatoms. The molecule has 1 N–H and O–H groups in total. The van der Waals surface area contributed by atoms with E-state index in [0.717, 1.165) is 17.9 Å².